The number of benzene rings is 1. The highest BCUT2D eigenvalue weighted by Crippen LogP contribution is 2.32. The first kappa shape index (κ1) is 15.7. The molecule has 0 radical (unpaired) electrons. The first-order valence-corrected chi connectivity index (χ1v) is 8.16. The van der Waals surface area contributed by atoms with E-state index in [2.05, 4.69) is 52.4 Å². The fourth-order valence-corrected chi connectivity index (χ4v) is 3.53. The van der Waals surface area contributed by atoms with Crippen molar-refractivity contribution in [2.24, 2.45) is 0 Å². The Kier molecular flexibility index (Phi) is 4.72. The maximum atomic E-state index is 13.2. The van der Waals surface area contributed by atoms with E-state index >= 15 is 0 Å². The summed E-state index contributed by atoms with van der Waals surface area (Å²) in [5, 5.41) is 6.59. The number of halogens is 3. The molecular formula is C14H15BrClFN2S. The standard InChI is InChI=1S/C14H15BrClFN2S/c1-14(2,3)11-7-20-12(19-11)6-18-13-9(15)4-8(17)5-10(13)16/h4-5,7,18H,6H2,1-3H3. The second-order valence-electron chi connectivity index (χ2n) is 5.47. The third-order valence-corrected chi connectivity index (χ3v) is 4.52. The van der Waals surface area contributed by atoms with E-state index in [0.717, 1.165) is 10.7 Å². The van der Waals surface area contributed by atoms with Gasteiger partial charge in [0.05, 0.1) is 22.9 Å². The van der Waals surface area contributed by atoms with Crippen molar-refractivity contribution in [3.8, 4) is 0 Å². The van der Waals surface area contributed by atoms with Crippen LogP contribution in [0.1, 0.15) is 31.5 Å². The van der Waals surface area contributed by atoms with Gasteiger partial charge < -0.3 is 5.32 Å². The Balaban J connectivity index is 2.12. The zero-order valence-electron chi connectivity index (χ0n) is 11.4. The molecule has 6 heteroatoms. The molecule has 1 aromatic carbocycles. The van der Waals surface area contributed by atoms with E-state index in [1.807, 2.05) is 0 Å². The molecule has 0 saturated carbocycles. The fourth-order valence-electron chi connectivity index (χ4n) is 1.61. The molecule has 0 saturated heterocycles. The molecule has 0 spiro atoms. The molecule has 0 bridgehead atoms. The van der Waals surface area contributed by atoms with Gasteiger partial charge in [-0.25, -0.2) is 9.37 Å². The van der Waals surface area contributed by atoms with Crippen molar-refractivity contribution in [3.63, 3.8) is 0 Å². The third-order valence-electron chi connectivity index (χ3n) is 2.74. The summed E-state index contributed by atoms with van der Waals surface area (Å²) in [5.74, 6) is -0.364. The molecule has 1 heterocycles. The molecule has 0 aliphatic carbocycles. The van der Waals surface area contributed by atoms with E-state index in [1.54, 1.807) is 11.3 Å². The lowest BCUT2D eigenvalue weighted by molar-refractivity contribution is 0.571. The van der Waals surface area contributed by atoms with Gasteiger partial charge in [0.15, 0.2) is 0 Å². The van der Waals surface area contributed by atoms with Crippen molar-refractivity contribution in [1.29, 1.82) is 0 Å². The van der Waals surface area contributed by atoms with Crippen molar-refractivity contribution in [1.82, 2.24) is 4.98 Å². The number of hydrogen-bond donors (Lipinski definition) is 1. The van der Waals surface area contributed by atoms with Crippen LogP contribution in [0.15, 0.2) is 22.0 Å². The van der Waals surface area contributed by atoms with Gasteiger partial charge in [0.2, 0.25) is 0 Å². The first-order chi connectivity index (χ1) is 9.27. The molecule has 2 aromatic rings. The Labute approximate surface area is 135 Å². The van der Waals surface area contributed by atoms with Crippen molar-refractivity contribution in [2.45, 2.75) is 32.7 Å². The number of hydrogen-bond acceptors (Lipinski definition) is 3. The molecule has 0 aliphatic rings. The monoisotopic (exact) mass is 376 g/mol. The minimum absolute atomic E-state index is 0.0445. The Morgan fingerprint density at radius 1 is 1.40 bits per heavy atom. The van der Waals surface area contributed by atoms with Crippen molar-refractivity contribution in [2.75, 3.05) is 5.32 Å². The number of aromatic nitrogens is 1. The summed E-state index contributed by atoms with van der Waals surface area (Å²) in [6, 6.07) is 2.67. The zero-order chi connectivity index (χ0) is 14.9. The molecule has 0 amide bonds. The molecular weight excluding hydrogens is 363 g/mol. The summed E-state index contributed by atoms with van der Waals surface area (Å²) < 4.78 is 13.8. The highest BCUT2D eigenvalue weighted by atomic mass is 79.9. The number of anilines is 1. The van der Waals surface area contributed by atoms with Crippen LogP contribution >= 0.6 is 38.9 Å². The lowest BCUT2D eigenvalue weighted by Crippen LogP contribution is -2.12. The normalized spacial score (nSPS) is 11.7. The van der Waals surface area contributed by atoms with Crippen LogP contribution in [-0.4, -0.2) is 4.98 Å². The third kappa shape index (κ3) is 3.71. The van der Waals surface area contributed by atoms with Crippen LogP contribution in [0.3, 0.4) is 0 Å². The Morgan fingerprint density at radius 2 is 2.10 bits per heavy atom. The summed E-state index contributed by atoms with van der Waals surface area (Å²) in [4.78, 5) is 4.60. The van der Waals surface area contributed by atoms with Crippen LogP contribution in [0, 0.1) is 5.82 Å². The Hall–Kier alpha value is -0.650. The Bertz CT molecular complexity index is 599. The number of nitrogens with one attached hydrogen (secondary N) is 1. The summed E-state index contributed by atoms with van der Waals surface area (Å²) in [6.07, 6.45) is 0. The minimum atomic E-state index is -0.364. The Morgan fingerprint density at radius 3 is 2.65 bits per heavy atom. The maximum Gasteiger partial charge on any atom is 0.125 e. The SMILES string of the molecule is CC(C)(C)c1csc(CNc2c(Cl)cc(F)cc2Br)n1. The van der Waals surface area contributed by atoms with Crippen LogP contribution in [0.25, 0.3) is 0 Å². The fraction of sp³-hybridized carbons (Fsp3) is 0.357. The topological polar surface area (TPSA) is 24.9 Å². The molecule has 1 N–H and O–H groups in total. The lowest BCUT2D eigenvalue weighted by atomic mass is 9.93. The van der Waals surface area contributed by atoms with Gasteiger partial charge in [-0.2, -0.15) is 0 Å². The quantitative estimate of drug-likeness (QED) is 0.752. The molecule has 2 nitrogen and oxygen atoms in total. The van der Waals surface area contributed by atoms with E-state index in [1.165, 1.54) is 12.1 Å². The predicted octanol–water partition coefficient (Wildman–Crippen LogP) is 5.61. The van der Waals surface area contributed by atoms with Crippen LogP contribution in [0.4, 0.5) is 10.1 Å². The minimum Gasteiger partial charge on any atom is -0.376 e. The number of nitrogens with zero attached hydrogens (tertiary/aromatic N) is 1. The van der Waals surface area contributed by atoms with E-state index in [9.17, 15) is 4.39 Å². The van der Waals surface area contributed by atoms with Gasteiger partial charge in [-0.05, 0) is 28.1 Å². The van der Waals surface area contributed by atoms with Gasteiger partial charge in [0.1, 0.15) is 10.8 Å². The smallest absolute Gasteiger partial charge is 0.125 e. The first-order valence-electron chi connectivity index (χ1n) is 6.10. The van der Waals surface area contributed by atoms with Crippen LogP contribution in [0.5, 0.6) is 0 Å². The van der Waals surface area contributed by atoms with Crippen molar-refractivity contribution < 1.29 is 4.39 Å². The summed E-state index contributed by atoms with van der Waals surface area (Å²) in [7, 11) is 0. The molecule has 0 unspecified atom stereocenters. The second kappa shape index (κ2) is 6.00. The van der Waals surface area contributed by atoms with Gasteiger partial charge >= 0.3 is 0 Å². The van der Waals surface area contributed by atoms with Gasteiger partial charge in [0.25, 0.3) is 0 Å². The van der Waals surface area contributed by atoms with Gasteiger partial charge in [-0.1, -0.05) is 32.4 Å². The van der Waals surface area contributed by atoms with E-state index in [4.69, 9.17) is 11.6 Å². The van der Waals surface area contributed by atoms with Crippen LogP contribution in [0.2, 0.25) is 5.02 Å². The highest BCUT2D eigenvalue weighted by Gasteiger charge is 2.17. The van der Waals surface area contributed by atoms with Gasteiger partial charge in [-0.3, -0.25) is 0 Å². The van der Waals surface area contributed by atoms with Crippen molar-refractivity contribution >= 4 is 44.6 Å². The molecule has 0 fully saturated rings. The summed E-state index contributed by atoms with van der Waals surface area (Å²) in [6.45, 7) is 6.96. The molecule has 2 rings (SSSR count). The average Bonchev–Trinajstić information content (AvgIpc) is 2.75. The maximum absolute atomic E-state index is 13.2. The lowest BCUT2D eigenvalue weighted by Gasteiger charge is -2.14. The summed E-state index contributed by atoms with van der Waals surface area (Å²) in [5.41, 5.74) is 1.80. The highest BCUT2D eigenvalue weighted by molar-refractivity contribution is 9.10. The molecule has 0 atom stereocenters. The summed E-state index contributed by atoms with van der Waals surface area (Å²) >= 11 is 10.9. The van der Waals surface area contributed by atoms with E-state index in [0.29, 0.717) is 21.7 Å². The van der Waals surface area contributed by atoms with E-state index in [-0.39, 0.29) is 11.2 Å². The van der Waals surface area contributed by atoms with Crippen LogP contribution in [-0.2, 0) is 12.0 Å². The number of rotatable bonds is 3. The van der Waals surface area contributed by atoms with Gasteiger partial charge in [0, 0.05) is 15.3 Å². The van der Waals surface area contributed by atoms with Gasteiger partial charge in [-0.15, -0.1) is 11.3 Å². The largest absolute Gasteiger partial charge is 0.376 e. The predicted molar refractivity (Wildman–Crippen MR) is 87.3 cm³/mol. The second-order valence-corrected chi connectivity index (χ2v) is 7.68. The van der Waals surface area contributed by atoms with E-state index < -0.39 is 0 Å². The van der Waals surface area contributed by atoms with Crippen molar-refractivity contribution in [3.05, 3.63) is 43.5 Å². The number of thiazole rings is 1. The molecule has 1 aromatic heterocycles. The molecule has 108 valence electrons. The molecule has 0 aliphatic heterocycles. The average molecular weight is 378 g/mol. The van der Waals surface area contributed by atoms with Crippen LogP contribution < -0.4 is 5.32 Å². The zero-order valence-corrected chi connectivity index (χ0v) is 14.6. The molecule has 20 heavy (non-hydrogen) atoms.